The number of hydrogen-bond donors (Lipinski definition) is 3. The van der Waals surface area contributed by atoms with Crippen molar-refractivity contribution in [2.45, 2.75) is 38.8 Å². The van der Waals surface area contributed by atoms with Gasteiger partial charge >= 0.3 is 0 Å². The van der Waals surface area contributed by atoms with Gasteiger partial charge in [-0.1, -0.05) is 44.2 Å². The number of rotatable bonds is 7. The fourth-order valence-electron chi connectivity index (χ4n) is 1.96. The summed E-state index contributed by atoms with van der Waals surface area (Å²) >= 11 is 0. The molecule has 1 aromatic carbocycles. The lowest BCUT2D eigenvalue weighted by Crippen LogP contribution is -2.48. The second-order valence-electron chi connectivity index (χ2n) is 5.17. The van der Waals surface area contributed by atoms with Gasteiger partial charge in [0.25, 0.3) is 0 Å². The fourth-order valence-corrected chi connectivity index (χ4v) is 1.96. The van der Waals surface area contributed by atoms with E-state index in [4.69, 9.17) is 10.8 Å². The van der Waals surface area contributed by atoms with Crippen LogP contribution in [-0.2, 0) is 11.2 Å². The van der Waals surface area contributed by atoms with Gasteiger partial charge in [-0.05, 0) is 24.3 Å². The molecule has 4 N–H and O–H groups in total. The van der Waals surface area contributed by atoms with Crippen LogP contribution in [0.1, 0.15) is 25.8 Å². The van der Waals surface area contributed by atoms with Crippen molar-refractivity contribution in [1.82, 2.24) is 5.32 Å². The molecule has 1 aromatic rings. The zero-order chi connectivity index (χ0) is 14.3. The van der Waals surface area contributed by atoms with Crippen LogP contribution in [0.4, 0.5) is 0 Å². The van der Waals surface area contributed by atoms with Gasteiger partial charge in [0, 0.05) is 12.6 Å². The van der Waals surface area contributed by atoms with Crippen molar-refractivity contribution in [1.29, 1.82) is 0 Å². The van der Waals surface area contributed by atoms with E-state index in [0.29, 0.717) is 12.8 Å². The Bertz CT molecular complexity index is 379. The van der Waals surface area contributed by atoms with Gasteiger partial charge in [-0.3, -0.25) is 4.79 Å². The van der Waals surface area contributed by atoms with Gasteiger partial charge in [-0.15, -0.1) is 0 Å². The maximum Gasteiger partial charge on any atom is 0.237 e. The molecule has 0 aliphatic carbocycles. The Morgan fingerprint density at radius 3 is 2.47 bits per heavy atom. The maximum absolute atomic E-state index is 12.0. The van der Waals surface area contributed by atoms with Crippen molar-refractivity contribution >= 4 is 5.91 Å². The van der Waals surface area contributed by atoms with Crippen LogP contribution in [0.2, 0.25) is 0 Å². The minimum absolute atomic E-state index is 0.0284. The molecule has 0 bridgehead atoms. The average Bonchev–Trinajstić information content (AvgIpc) is 2.39. The van der Waals surface area contributed by atoms with Gasteiger partial charge < -0.3 is 16.2 Å². The highest BCUT2D eigenvalue weighted by Gasteiger charge is 2.20. The Labute approximate surface area is 115 Å². The van der Waals surface area contributed by atoms with Crippen LogP contribution >= 0.6 is 0 Å². The lowest BCUT2D eigenvalue weighted by Gasteiger charge is -2.23. The number of aliphatic hydroxyl groups is 1. The minimum Gasteiger partial charge on any atom is -0.396 e. The molecule has 0 saturated heterocycles. The average molecular weight is 264 g/mol. The van der Waals surface area contributed by atoms with E-state index >= 15 is 0 Å². The number of carbonyl (C=O) groups is 1. The summed E-state index contributed by atoms with van der Waals surface area (Å²) in [6.45, 7) is 4.10. The molecule has 0 radical (unpaired) electrons. The first-order valence-electron chi connectivity index (χ1n) is 6.75. The Balaban J connectivity index is 2.52. The van der Waals surface area contributed by atoms with Crippen LogP contribution < -0.4 is 11.1 Å². The summed E-state index contributed by atoms with van der Waals surface area (Å²) in [6.07, 6.45) is 1.08. The van der Waals surface area contributed by atoms with Crippen molar-refractivity contribution in [3.05, 3.63) is 35.9 Å². The molecular formula is C15H24N2O2. The van der Waals surface area contributed by atoms with E-state index < -0.39 is 6.04 Å². The Kier molecular flexibility index (Phi) is 6.53. The molecule has 1 unspecified atom stereocenters. The van der Waals surface area contributed by atoms with Crippen LogP contribution in [0.3, 0.4) is 0 Å². The summed E-state index contributed by atoms with van der Waals surface area (Å²) in [5, 5.41) is 11.9. The van der Waals surface area contributed by atoms with Crippen molar-refractivity contribution in [2.24, 2.45) is 11.7 Å². The van der Waals surface area contributed by atoms with Crippen molar-refractivity contribution < 1.29 is 9.90 Å². The van der Waals surface area contributed by atoms with Gasteiger partial charge in [0.2, 0.25) is 5.91 Å². The monoisotopic (exact) mass is 264 g/mol. The summed E-state index contributed by atoms with van der Waals surface area (Å²) in [5.41, 5.74) is 6.97. The van der Waals surface area contributed by atoms with Gasteiger partial charge in [0.05, 0.1) is 6.04 Å². The van der Waals surface area contributed by atoms with Crippen LogP contribution in [-0.4, -0.2) is 29.7 Å². The molecule has 1 rings (SSSR count). The highest BCUT2D eigenvalue weighted by atomic mass is 16.3. The molecule has 0 saturated carbocycles. The number of amides is 1. The number of nitrogens with one attached hydrogen (secondary N) is 1. The summed E-state index contributed by atoms with van der Waals surface area (Å²) in [5.74, 6) is 0.121. The largest absolute Gasteiger partial charge is 0.396 e. The number of nitrogens with two attached hydrogens (primary N) is 1. The fraction of sp³-hybridized carbons (Fsp3) is 0.533. The SMILES string of the molecule is CC(C)C(CCO)NC(=O)[C@H](N)Cc1ccccc1. The highest BCUT2D eigenvalue weighted by Crippen LogP contribution is 2.07. The van der Waals surface area contributed by atoms with E-state index in [2.05, 4.69) is 5.32 Å². The highest BCUT2D eigenvalue weighted by molar-refractivity contribution is 5.82. The number of hydrogen-bond acceptors (Lipinski definition) is 3. The first-order chi connectivity index (χ1) is 9.04. The maximum atomic E-state index is 12.0. The van der Waals surface area contributed by atoms with Gasteiger partial charge in [-0.25, -0.2) is 0 Å². The quantitative estimate of drug-likeness (QED) is 0.690. The molecule has 0 aromatic heterocycles. The Morgan fingerprint density at radius 1 is 1.32 bits per heavy atom. The molecule has 0 fully saturated rings. The Morgan fingerprint density at radius 2 is 1.95 bits per heavy atom. The third-order valence-electron chi connectivity index (χ3n) is 3.21. The molecule has 0 heterocycles. The van der Waals surface area contributed by atoms with Crippen LogP contribution in [0.15, 0.2) is 30.3 Å². The molecule has 0 aliphatic heterocycles. The van der Waals surface area contributed by atoms with E-state index in [1.165, 1.54) is 0 Å². The molecule has 106 valence electrons. The molecule has 0 aliphatic rings. The predicted octanol–water partition coefficient (Wildman–Crippen LogP) is 1.08. The first kappa shape index (κ1) is 15.7. The molecule has 4 heteroatoms. The van der Waals surface area contributed by atoms with Crippen LogP contribution in [0, 0.1) is 5.92 Å². The zero-order valence-corrected chi connectivity index (χ0v) is 11.7. The van der Waals surface area contributed by atoms with Crippen molar-refractivity contribution in [3.63, 3.8) is 0 Å². The van der Waals surface area contributed by atoms with E-state index in [-0.39, 0.29) is 24.5 Å². The minimum atomic E-state index is -0.553. The number of carbonyl (C=O) groups excluding carboxylic acids is 1. The summed E-state index contributed by atoms with van der Waals surface area (Å²) in [7, 11) is 0. The zero-order valence-electron chi connectivity index (χ0n) is 11.7. The second kappa shape index (κ2) is 7.92. The lowest BCUT2D eigenvalue weighted by atomic mass is 10.00. The van der Waals surface area contributed by atoms with E-state index in [1.54, 1.807) is 0 Å². The van der Waals surface area contributed by atoms with Crippen LogP contribution in [0.25, 0.3) is 0 Å². The second-order valence-corrected chi connectivity index (χ2v) is 5.17. The third-order valence-corrected chi connectivity index (χ3v) is 3.21. The molecule has 1 amide bonds. The van der Waals surface area contributed by atoms with Gasteiger partial charge in [-0.2, -0.15) is 0 Å². The molecular weight excluding hydrogens is 240 g/mol. The van der Waals surface area contributed by atoms with Crippen molar-refractivity contribution in [3.8, 4) is 0 Å². The molecule has 2 atom stereocenters. The summed E-state index contributed by atoms with van der Waals surface area (Å²) in [4.78, 5) is 12.0. The van der Waals surface area contributed by atoms with Gasteiger partial charge in [0.1, 0.15) is 0 Å². The third kappa shape index (κ3) is 5.41. The smallest absolute Gasteiger partial charge is 0.237 e. The Hall–Kier alpha value is -1.39. The molecule has 0 spiro atoms. The predicted molar refractivity (Wildman–Crippen MR) is 76.6 cm³/mol. The molecule has 19 heavy (non-hydrogen) atoms. The summed E-state index contributed by atoms with van der Waals surface area (Å²) < 4.78 is 0. The van der Waals surface area contributed by atoms with Crippen LogP contribution in [0.5, 0.6) is 0 Å². The number of aliphatic hydroxyl groups excluding tert-OH is 1. The van der Waals surface area contributed by atoms with E-state index in [9.17, 15) is 4.79 Å². The normalized spacial score (nSPS) is 14.2. The first-order valence-corrected chi connectivity index (χ1v) is 6.75. The lowest BCUT2D eigenvalue weighted by molar-refractivity contribution is -0.123. The number of benzene rings is 1. The van der Waals surface area contributed by atoms with Gasteiger partial charge in [0.15, 0.2) is 0 Å². The van der Waals surface area contributed by atoms with E-state index in [0.717, 1.165) is 5.56 Å². The van der Waals surface area contributed by atoms with E-state index in [1.807, 2.05) is 44.2 Å². The van der Waals surface area contributed by atoms with Crippen molar-refractivity contribution in [2.75, 3.05) is 6.61 Å². The topological polar surface area (TPSA) is 75.3 Å². The summed E-state index contributed by atoms with van der Waals surface area (Å²) in [6, 6.07) is 9.14. The standard InChI is InChI=1S/C15H24N2O2/c1-11(2)14(8-9-18)17-15(19)13(16)10-12-6-4-3-5-7-12/h3-7,11,13-14,18H,8-10,16H2,1-2H3,(H,17,19)/t13-,14?/m1/s1. The molecule has 4 nitrogen and oxygen atoms in total.